The van der Waals surface area contributed by atoms with Crippen molar-refractivity contribution in [1.29, 1.82) is 0 Å². The number of aryl methyl sites for hydroxylation is 1. The summed E-state index contributed by atoms with van der Waals surface area (Å²) in [6, 6.07) is 5.02. The minimum absolute atomic E-state index is 0.128. The highest BCUT2D eigenvalue weighted by Gasteiger charge is 2.16. The first-order valence-electron chi connectivity index (χ1n) is 7.90. The molecule has 6 nitrogen and oxygen atoms in total. The Bertz CT molecular complexity index is 803. The number of nitrogens with one attached hydrogen (secondary N) is 1. The molecule has 1 aromatic carbocycles. The van der Waals surface area contributed by atoms with E-state index in [1.54, 1.807) is 49.9 Å². The molecule has 2 rings (SSSR count). The number of carbonyl (C=O) groups is 1. The molecule has 128 valence electrons. The highest BCUT2D eigenvalue weighted by molar-refractivity contribution is 5.89. The number of nitrogens with zero attached hydrogens (tertiary/aromatic N) is 2. The fourth-order valence-electron chi connectivity index (χ4n) is 2.22. The van der Waals surface area contributed by atoms with Gasteiger partial charge in [-0.3, -0.25) is 14.7 Å². The molecule has 1 amide bonds. The normalized spacial score (nSPS) is 11.3. The molecule has 0 saturated heterocycles. The summed E-state index contributed by atoms with van der Waals surface area (Å²) in [6.45, 7) is 9.63. The van der Waals surface area contributed by atoms with Crippen LogP contribution in [0.4, 0.5) is 10.5 Å². The van der Waals surface area contributed by atoms with Crippen molar-refractivity contribution in [2.24, 2.45) is 0 Å². The molecule has 24 heavy (non-hydrogen) atoms. The minimum atomic E-state index is -0.583. The highest BCUT2D eigenvalue weighted by Crippen LogP contribution is 2.16. The molecule has 0 fully saturated rings. The number of hydrogen-bond acceptors (Lipinski definition) is 4. The average molecular weight is 329 g/mol. The summed E-state index contributed by atoms with van der Waals surface area (Å²) in [7, 11) is 0. The zero-order valence-corrected chi connectivity index (χ0v) is 14.3. The topological polar surface area (TPSA) is 73.2 Å². The van der Waals surface area contributed by atoms with Gasteiger partial charge >= 0.3 is 6.09 Å². The van der Waals surface area contributed by atoms with Crippen LogP contribution in [0.1, 0.15) is 33.6 Å². The number of allylic oxidation sites excluding steroid dienone is 1. The molecule has 0 spiro atoms. The van der Waals surface area contributed by atoms with E-state index in [9.17, 15) is 9.59 Å². The zero-order valence-electron chi connectivity index (χ0n) is 14.3. The number of fused-ring (bicyclic) bond motifs is 1. The number of amides is 1. The Labute approximate surface area is 141 Å². The van der Waals surface area contributed by atoms with Gasteiger partial charge in [0.2, 0.25) is 0 Å². The fraction of sp³-hybridized carbons (Fsp3) is 0.389. The summed E-state index contributed by atoms with van der Waals surface area (Å²) in [5.41, 5.74) is 0.381. The van der Waals surface area contributed by atoms with E-state index < -0.39 is 11.7 Å². The van der Waals surface area contributed by atoms with Crippen LogP contribution in [0.3, 0.4) is 0 Å². The molecule has 0 bridgehead atoms. The van der Waals surface area contributed by atoms with Crippen molar-refractivity contribution in [1.82, 2.24) is 9.55 Å². The number of rotatable bonds is 5. The molecule has 0 aliphatic rings. The molecule has 0 atom stereocenters. The Morgan fingerprint density at radius 2 is 2.17 bits per heavy atom. The van der Waals surface area contributed by atoms with Gasteiger partial charge in [-0.1, -0.05) is 6.08 Å². The summed E-state index contributed by atoms with van der Waals surface area (Å²) >= 11 is 0. The lowest BCUT2D eigenvalue weighted by Crippen LogP contribution is -2.27. The van der Waals surface area contributed by atoms with Crippen molar-refractivity contribution >= 4 is 22.7 Å². The van der Waals surface area contributed by atoms with Crippen LogP contribution in [0.2, 0.25) is 0 Å². The Morgan fingerprint density at radius 3 is 2.83 bits per heavy atom. The quantitative estimate of drug-likeness (QED) is 0.670. The second-order valence-corrected chi connectivity index (χ2v) is 6.53. The summed E-state index contributed by atoms with van der Waals surface area (Å²) in [4.78, 5) is 28.7. The third kappa shape index (κ3) is 4.68. The van der Waals surface area contributed by atoms with Gasteiger partial charge in [0, 0.05) is 12.2 Å². The van der Waals surface area contributed by atoms with Crippen LogP contribution in [0.25, 0.3) is 10.9 Å². The monoisotopic (exact) mass is 329 g/mol. The van der Waals surface area contributed by atoms with Crippen molar-refractivity contribution in [2.75, 3.05) is 5.32 Å². The number of aromatic nitrogens is 2. The van der Waals surface area contributed by atoms with Gasteiger partial charge in [-0.2, -0.15) is 0 Å². The zero-order chi connectivity index (χ0) is 17.7. The van der Waals surface area contributed by atoms with Crippen molar-refractivity contribution in [3.8, 4) is 0 Å². The molecule has 6 heteroatoms. The lowest BCUT2D eigenvalue weighted by Gasteiger charge is -2.19. The maximum Gasteiger partial charge on any atom is 0.412 e. The molecule has 1 N–H and O–H groups in total. The molecule has 0 unspecified atom stereocenters. The van der Waals surface area contributed by atoms with Gasteiger partial charge in [0.05, 0.1) is 17.2 Å². The van der Waals surface area contributed by atoms with E-state index in [0.29, 0.717) is 23.1 Å². The molecular weight excluding hydrogens is 306 g/mol. The molecule has 0 aliphatic carbocycles. The Hall–Kier alpha value is -2.63. The summed E-state index contributed by atoms with van der Waals surface area (Å²) < 4.78 is 6.79. The van der Waals surface area contributed by atoms with E-state index in [-0.39, 0.29) is 5.56 Å². The van der Waals surface area contributed by atoms with E-state index in [0.717, 1.165) is 12.8 Å². The Balaban J connectivity index is 2.25. The second kappa shape index (κ2) is 7.29. The first kappa shape index (κ1) is 17.7. The highest BCUT2D eigenvalue weighted by atomic mass is 16.6. The number of ether oxygens (including phenoxy) is 1. The minimum Gasteiger partial charge on any atom is -0.444 e. The second-order valence-electron chi connectivity index (χ2n) is 6.53. The summed E-state index contributed by atoms with van der Waals surface area (Å²) in [5, 5.41) is 3.10. The van der Waals surface area contributed by atoms with Crippen LogP contribution in [-0.4, -0.2) is 21.2 Å². The first-order valence-corrected chi connectivity index (χ1v) is 7.90. The van der Waals surface area contributed by atoms with Crippen LogP contribution in [0.15, 0.2) is 42.0 Å². The van der Waals surface area contributed by atoms with Crippen molar-refractivity contribution in [3.05, 3.63) is 47.5 Å². The summed E-state index contributed by atoms with van der Waals surface area (Å²) in [5.74, 6) is 0. The predicted octanol–water partition coefficient (Wildman–Crippen LogP) is 3.71. The number of hydrogen-bond donors (Lipinski definition) is 1. The van der Waals surface area contributed by atoms with Gasteiger partial charge in [-0.25, -0.2) is 9.78 Å². The van der Waals surface area contributed by atoms with Gasteiger partial charge in [-0.15, -0.1) is 6.58 Å². The molecule has 0 radical (unpaired) electrons. The van der Waals surface area contributed by atoms with Gasteiger partial charge in [0.1, 0.15) is 5.60 Å². The molecule has 1 aromatic heterocycles. The van der Waals surface area contributed by atoms with Crippen LogP contribution >= 0.6 is 0 Å². The third-order valence-corrected chi connectivity index (χ3v) is 3.28. The standard InChI is InChI=1S/C18H23N3O3/c1-5-6-7-10-21-12-19-15-9-8-13(11-14(15)16(21)22)20-17(23)24-18(2,3)4/h5,8-9,11-12H,1,6-7,10H2,2-4H3,(H,20,23). The number of unbranched alkanes of at least 4 members (excludes halogenated alkanes) is 1. The number of benzene rings is 1. The predicted molar refractivity (Wildman–Crippen MR) is 95.3 cm³/mol. The first-order chi connectivity index (χ1) is 11.3. The number of anilines is 1. The SMILES string of the molecule is C=CCCCn1cnc2ccc(NC(=O)OC(C)(C)C)cc2c1=O. The molecule has 0 aliphatic heterocycles. The fourth-order valence-corrected chi connectivity index (χ4v) is 2.22. The van der Waals surface area contributed by atoms with Gasteiger partial charge in [-0.05, 0) is 51.8 Å². The van der Waals surface area contributed by atoms with E-state index in [4.69, 9.17) is 4.74 Å². The Kier molecular flexibility index (Phi) is 5.39. The van der Waals surface area contributed by atoms with E-state index >= 15 is 0 Å². The van der Waals surface area contributed by atoms with Crippen molar-refractivity contribution in [3.63, 3.8) is 0 Å². The number of carbonyl (C=O) groups excluding carboxylic acids is 1. The lowest BCUT2D eigenvalue weighted by molar-refractivity contribution is 0.0636. The molecule has 2 aromatic rings. The average Bonchev–Trinajstić information content (AvgIpc) is 2.48. The molecular formula is C18H23N3O3. The largest absolute Gasteiger partial charge is 0.444 e. The van der Waals surface area contributed by atoms with Crippen LogP contribution in [0, 0.1) is 0 Å². The molecule has 1 heterocycles. The van der Waals surface area contributed by atoms with Gasteiger partial charge in [0.25, 0.3) is 5.56 Å². The third-order valence-electron chi connectivity index (χ3n) is 3.28. The lowest BCUT2D eigenvalue weighted by atomic mass is 10.2. The van der Waals surface area contributed by atoms with Crippen molar-refractivity contribution in [2.45, 2.75) is 45.8 Å². The maximum absolute atomic E-state index is 12.5. The van der Waals surface area contributed by atoms with E-state index in [1.807, 2.05) is 6.08 Å². The van der Waals surface area contributed by atoms with Gasteiger partial charge < -0.3 is 4.74 Å². The van der Waals surface area contributed by atoms with Crippen LogP contribution < -0.4 is 10.9 Å². The van der Waals surface area contributed by atoms with E-state index in [2.05, 4.69) is 16.9 Å². The van der Waals surface area contributed by atoms with Gasteiger partial charge in [0.15, 0.2) is 0 Å². The summed E-state index contributed by atoms with van der Waals surface area (Å²) in [6.07, 6.45) is 4.48. The van der Waals surface area contributed by atoms with Crippen LogP contribution in [0.5, 0.6) is 0 Å². The molecule has 0 saturated carbocycles. The van der Waals surface area contributed by atoms with Crippen molar-refractivity contribution < 1.29 is 9.53 Å². The Morgan fingerprint density at radius 1 is 1.42 bits per heavy atom. The van der Waals surface area contributed by atoms with E-state index in [1.165, 1.54) is 0 Å². The maximum atomic E-state index is 12.5. The van der Waals surface area contributed by atoms with Crippen LogP contribution in [-0.2, 0) is 11.3 Å². The smallest absolute Gasteiger partial charge is 0.412 e.